The van der Waals surface area contributed by atoms with Crippen molar-refractivity contribution >= 4 is 6.03 Å². The molecule has 22 heavy (non-hydrogen) atoms. The van der Waals surface area contributed by atoms with Crippen LogP contribution in [0.15, 0.2) is 43.0 Å². The molecule has 0 bridgehead atoms. The van der Waals surface area contributed by atoms with Crippen LogP contribution >= 0.6 is 0 Å². The molecule has 2 rings (SSSR count). The molecule has 0 saturated heterocycles. The molecule has 1 aromatic carbocycles. The maximum atomic E-state index is 11.7. The van der Waals surface area contributed by atoms with E-state index in [0.29, 0.717) is 19.7 Å². The number of carbonyl (C=O) groups is 1. The molecular weight excluding hydrogens is 280 g/mol. The van der Waals surface area contributed by atoms with E-state index in [1.165, 1.54) is 5.56 Å². The van der Waals surface area contributed by atoms with Crippen molar-refractivity contribution in [1.82, 2.24) is 20.2 Å². The van der Waals surface area contributed by atoms with E-state index in [1.54, 1.807) is 12.5 Å². The third-order valence-corrected chi connectivity index (χ3v) is 3.10. The van der Waals surface area contributed by atoms with Crippen molar-refractivity contribution in [2.45, 2.75) is 26.4 Å². The van der Waals surface area contributed by atoms with Crippen LogP contribution in [0.2, 0.25) is 0 Å². The first kappa shape index (κ1) is 15.9. The lowest BCUT2D eigenvalue weighted by molar-refractivity contribution is 0.232. The first-order valence-electron chi connectivity index (χ1n) is 7.33. The molecule has 1 atom stereocenters. The average molecular weight is 302 g/mol. The van der Waals surface area contributed by atoms with Gasteiger partial charge in [-0.2, -0.15) is 0 Å². The van der Waals surface area contributed by atoms with Crippen LogP contribution in [0, 0.1) is 6.92 Å². The van der Waals surface area contributed by atoms with E-state index in [0.717, 1.165) is 5.75 Å². The van der Waals surface area contributed by atoms with E-state index in [-0.39, 0.29) is 12.1 Å². The fourth-order valence-electron chi connectivity index (χ4n) is 2.00. The van der Waals surface area contributed by atoms with Gasteiger partial charge in [-0.3, -0.25) is 0 Å². The molecule has 118 valence electrons. The largest absolute Gasteiger partial charge is 0.492 e. The maximum Gasteiger partial charge on any atom is 0.315 e. The summed E-state index contributed by atoms with van der Waals surface area (Å²) in [7, 11) is 0. The predicted molar refractivity (Wildman–Crippen MR) is 84.9 cm³/mol. The highest BCUT2D eigenvalue weighted by atomic mass is 16.5. The Morgan fingerprint density at radius 1 is 1.36 bits per heavy atom. The van der Waals surface area contributed by atoms with Gasteiger partial charge in [-0.25, -0.2) is 9.78 Å². The van der Waals surface area contributed by atoms with Crippen molar-refractivity contribution in [2.75, 3.05) is 13.2 Å². The van der Waals surface area contributed by atoms with Gasteiger partial charge in [-0.1, -0.05) is 17.7 Å². The molecule has 6 nitrogen and oxygen atoms in total. The maximum absolute atomic E-state index is 11.7. The van der Waals surface area contributed by atoms with Gasteiger partial charge in [0.05, 0.1) is 12.9 Å². The molecule has 6 heteroatoms. The molecule has 0 radical (unpaired) electrons. The highest BCUT2D eigenvalue weighted by Crippen LogP contribution is 2.10. The lowest BCUT2D eigenvalue weighted by Crippen LogP contribution is -2.43. The fourth-order valence-corrected chi connectivity index (χ4v) is 2.00. The smallest absolute Gasteiger partial charge is 0.315 e. The Morgan fingerprint density at radius 2 is 2.14 bits per heavy atom. The van der Waals surface area contributed by atoms with E-state index >= 15 is 0 Å². The number of hydrogen-bond donors (Lipinski definition) is 2. The van der Waals surface area contributed by atoms with Crippen LogP contribution in [-0.2, 0) is 6.54 Å². The summed E-state index contributed by atoms with van der Waals surface area (Å²) in [5.41, 5.74) is 1.19. The first-order valence-corrected chi connectivity index (χ1v) is 7.33. The van der Waals surface area contributed by atoms with E-state index in [9.17, 15) is 4.79 Å². The number of amides is 2. The quantitative estimate of drug-likeness (QED) is 0.768. The van der Waals surface area contributed by atoms with Crippen LogP contribution in [0.4, 0.5) is 4.79 Å². The number of rotatable bonds is 7. The summed E-state index contributed by atoms with van der Waals surface area (Å²) < 4.78 is 7.47. The highest BCUT2D eigenvalue weighted by Gasteiger charge is 2.07. The van der Waals surface area contributed by atoms with Crippen LogP contribution < -0.4 is 15.4 Å². The average Bonchev–Trinajstić information content (AvgIpc) is 2.98. The molecule has 0 aliphatic carbocycles. The SMILES string of the molecule is Cc1ccc(OCCNC(=O)NC(C)Cn2ccnc2)cc1. The number of nitrogens with zero attached hydrogens (tertiary/aromatic N) is 2. The minimum Gasteiger partial charge on any atom is -0.492 e. The summed E-state index contributed by atoms with van der Waals surface area (Å²) in [6, 6.07) is 7.65. The van der Waals surface area contributed by atoms with E-state index in [2.05, 4.69) is 15.6 Å². The van der Waals surface area contributed by atoms with Crippen molar-refractivity contribution in [2.24, 2.45) is 0 Å². The van der Waals surface area contributed by atoms with Gasteiger partial charge >= 0.3 is 6.03 Å². The van der Waals surface area contributed by atoms with Crippen LogP contribution in [0.5, 0.6) is 5.75 Å². The molecule has 0 saturated carbocycles. The van der Waals surface area contributed by atoms with Crippen molar-refractivity contribution in [3.05, 3.63) is 48.5 Å². The van der Waals surface area contributed by atoms with Gasteiger partial charge in [0.15, 0.2) is 0 Å². The first-order chi connectivity index (χ1) is 10.6. The van der Waals surface area contributed by atoms with Gasteiger partial charge < -0.3 is 19.9 Å². The summed E-state index contributed by atoms with van der Waals surface area (Å²) in [6.07, 6.45) is 5.31. The van der Waals surface area contributed by atoms with Crippen molar-refractivity contribution in [3.8, 4) is 5.75 Å². The predicted octanol–water partition coefficient (Wildman–Crippen LogP) is 1.96. The van der Waals surface area contributed by atoms with Crippen LogP contribution in [0.1, 0.15) is 12.5 Å². The Hall–Kier alpha value is -2.50. The van der Waals surface area contributed by atoms with E-state index in [4.69, 9.17) is 4.74 Å². The summed E-state index contributed by atoms with van der Waals surface area (Å²) >= 11 is 0. The Morgan fingerprint density at radius 3 is 2.82 bits per heavy atom. The number of ether oxygens (including phenoxy) is 1. The van der Waals surface area contributed by atoms with Crippen molar-refractivity contribution in [1.29, 1.82) is 0 Å². The number of hydrogen-bond acceptors (Lipinski definition) is 3. The number of aromatic nitrogens is 2. The van der Waals surface area contributed by atoms with Crippen LogP contribution in [0.25, 0.3) is 0 Å². The van der Waals surface area contributed by atoms with Crippen molar-refractivity contribution < 1.29 is 9.53 Å². The Bertz CT molecular complexity index is 566. The van der Waals surface area contributed by atoms with E-state index in [1.807, 2.05) is 48.9 Å². The number of benzene rings is 1. The van der Waals surface area contributed by atoms with E-state index < -0.39 is 0 Å². The zero-order valence-corrected chi connectivity index (χ0v) is 13.0. The second kappa shape index (κ2) is 8.07. The van der Waals surface area contributed by atoms with Gasteiger partial charge in [-0.05, 0) is 26.0 Å². The summed E-state index contributed by atoms with van der Waals surface area (Å²) in [5, 5.41) is 5.64. The Kier molecular flexibility index (Phi) is 5.82. The fraction of sp³-hybridized carbons (Fsp3) is 0.375. The topological polar surface area (TPSA) is 68.2 Å². The highest BCUT2D eigenvalue weighted by molar-refractivity contribution is 5.74. The summed E-state index contributed by atoms with van der Waals surface area (Å²) in [6.45, 7) is 5.56. The Labute approximate surface area is 130 Å². The molecule has 0 fully saturated rings. The molecule has 2 N–H and O–H groups in total. The number of aryl methyl sites for hydroxylation is 1. The van der Waals surface area contributed by atoms with Gasteiger partial charge in [0.25, 0.3) is 0 Å². The summed E-state index contributed by atoms with van der Waals surface area (Å²) in [4.78, 5) is 15.7. The standard InChI is InChI=1S/C16H22N4O2/c1-13-3-5-15(6-4-13)22-10-8-18-16(21)19-14(2)11-20-9-7-17-12-20/h3-7,9,12,14H,8,10-11H2,1-2H3,(H2,18,19,21). The monoisotopic (exact) mass is 302 g/mol. The molecule has 0 spiro atoms. The number of imidazole rings is 1. The van der Waals surface area contributed by atoms with Gasteiger partial charge in [0.2, 0.25) is 0 Å². The molecule has 1 heterocycles. The van der Waals surface area contributed by atoms with Crippen molar-refractivity contribution in [3.63, 3.8) is 0 Å². The molecule has 2 aromatic rings. The summed E-state index contributed by atoms with van der Waals surface area (Å²) in [5.74, 6) is 0.807. The normalized spacial score (nSPS) is 11.7. The minimum atomic E-state index is -0.194. The van der Waals surface area contributed by atoms with Gasteiger partial charge in [0.1, 0.15) is 12.4 Å². The second-order valence-corrected chi connectivity index (χ2v) is 5.22. The van der Waals surface area contributed by atoms with Crippen LogP contribution in [-0.4, -0.2) is 34.8 Å². The minimum absolute atomic E-state index is 0.0206. The second-order valence-electron chi connectivity index (χ2n) is 5.22. The number of nitrogens with one attached hydrogen (secondary N) is 2. The molecule has 0 aliphatic heterocycles. The van der Waals surface area contributed by atoms with Gasteiger partial charge in [0, 0.05) is 25.0 Å². The molecule has 2 amide bonds. The molecule has 1 unspecified atom stereocenters. The Balaban J connectivity index is 1.60. The lowest BCUT2D eigenvalue weighted by atomic mass is 10.2. The van der Waals surface area contributed by atoms with Crippen LogP contribution in [0.3, 0.4) is 0 Å². The lowest BCUT2D eigenvalue weighted by Gasteiger charge is -2.15. The molecular formula is C16H22N4O2. The third kappa shape index (κ3) is 5.47. The number of urea groups is 1. The number of carbonyl (C=O) groups excluding carboxylic acids is 1. The zero-order chi connectivity index (χ0) is 15.8. The third-order valence-electron chi connectivity index (χ3n) is 3.10. The molecule has 0 aliphatic rings. The zero-order valence-electron chi connectivity index (χ0n) is 13.0. The molecule has 1 aromatic heterocycles. The van der Waals surface area contributed by atoms with Gasteiger partial charge in [-0.15, -0.1) is 0 Å².